The lowest BCUT2D eigenvalue weighted by molar-refractivity contribution is -0.143. The van der Waals surface area contributed by atoms with Gasteiger partial charge < -0.3 is 0 Å². The molecular formula is C9H12F2O2. The maximum atomic E-state index is 12.4. The highest BCUT2D eigenvalue weighted by Gasteiger charge is 2.42. The molecule has 1 fully saturated rings. The molecule has 0 saturated heterocycles. The maximum absolute atomic E-state index is 12.4. The van der Waals surface area contributed by atoms with Crippen molar-refractivity contribution in [2.75, 3.05) is 0 Å². The van der Waals surface area contributed by atoms with Crippen molar-refractivity contribution in [1.82, 2.24) is 0 Å². The van der Waals surface area contributed by atoms with Crippen LogP contribution in [0.1, 0.15) is 26.7 Å². The Balaban J connectivity index is 2.41. The second-order valence-corrected chi connectivity index (χ2v) is 3.77. The molecule has 1 rings (SSSR count). The van der Waals surface area contributed by atoms with E-state index >= 15 is 0 Å². The number of halogens is 2. The topological polar surface area (TPSA) is 34.1 Å². The summed E-state index contributed by atoms with van der Waals surface area (Å²) in [6, 6.07) is 0. The van der Waals surface area contributed by atoms with E-state index in [1.807, 2.05) is 6.92 Å². The number of alkyl halides is 2. The third-order valence-corrected chi connectivity index (χ3v) is 2.35. The molecule has 0 radical (unpaired) electrons. The molecule has 1 aliphatic carbocycles. The van der Waals surface area contributed by atoms with Gasteiger partial charge in [-0.2, -0.15) is 8.78 Å². The third kappa shape index (κ3) is 2.57. The SMILES string of the molecule is CC1CC1C(=O)CC(=O)C(C)(F)F. The summed E-state index contributed by atoms with van der Waals surface area (Å²) in [6.45, 7) is 2.40. The first-order valence-electron chi connectivity index (χ1n) is 4.26. The minimum atomic E-state index is -3.37. The zero-order chi connectivity index (χ0) is 10.2. The fourth-order valence-corrected chi connectivity index (χ4v) is 1.22. The highest BCUT2D eigenvalue weighted by molar-refractivity contribution is 6.03. The average molecular weight is 190 g/mol. The molecule has 74 valence electrons. The van der Waals surface area contributed by atoms with Crippen LogP contribution in [0.4, 0.5) is 8.78 Å². The van der Waals surface area contributed by atoms with Crippen LogP contribution in [-0.2, 0) is 9.59 Å². The van der Waals surface area contributed by atoms with Gasteiger partial charge in [0.05, 0.1) is 6.42 Å². The van der Waals surface area contributed by atoms with Crippen LogP contribution < -0.4 is 0 Å². The van der Waals surface area contributed by atoms with Crippen molar-refractivity contribution in [1.29, 1.82) is 0 Å². The lowest BCUT2D eigenvalue weighted by Crippen LogP contribution is -2.27. The van der Waals surface area contributed by atoms with E-state index in [0.29, 0.717) is 6.92 Å². The standard InChI is InChI=1S/C9H12F2O2/c1-5-3-6(5)7(12)4-8(13)9(2,10)11/h5-6H,3-4H2,1-2H3. The highest BCUT2D eigenvalue weighted by atomic mass is 19.3. The first-order valence-corrected chi connectivity index (χ1v) is 4.26. The molecule has 0 spiro atoms. The molecule has 2 unspecified atom stereocenters. The van der Waals surface area contributed by atoms with Gasteiger partial charge in [-0.05, 0) is 12.3 Å². The summed E-state index contributed by atoms with van der Waals surface area (Å²) in [5, 5.41) is 0. The quantitative estimate of drug-likeness (QED) is 0.634. The van der Waals surface area contributed by atoms with E-state index in [1.54, 1.807) is 0 Å². The maximum Gasteiger partial charge on any atom is 0.302 e. The average Bonchev–Trinajstić information content (AvgIpc) is 2.64. The molecule has 1 aliphatic rings. The summed E-state index contributed by atoms with van der Waals surface area (Å²) in [5.41, 5.74) is 0. The Hall–Kier alpha value is -0.800. The molecule has 2 nitrogen and oxygen atoms in total. The number of carbonyl (C=O) groups is 2. The van der Waals surface area contributed by atoms with Crippen molar-refractivity contribution in [3.05, 3.63) is 0 Å². The molecule has 0 heterocycles. The second-order valence-electron chi connectivity index (χ2n) is 3.77. The van der Waals surface area contributed by atoms with Crippen LogP contribution in [0.25, 0.3) is 0 Å². The number of Topliss-reactive ketones (excluding diaryl/α,β-unsaturated/α-hetero) is 2. The normalized spacial score (nSPS) is 27.1. The number of ketones is 2. The fourth-order valence-electron chi connectivity index (χ4n) is 1.22. The molecular weight excluding hydrogens is 178 g/mol. The van der Waals surface area contributed by atoms with Crippen molar-refractivity contribution < 1.29 is 18.4 Å². The lowest BCUT2D eigenvalue weighted by Gasteiger charge is -2.07. The summed E-state index contributed by atoms with van der Waals surface area (Å²) in [4.78, 5) is 21.9. The van der Waals surface area contributed by atoms with E-state index in [-0.39, 0.29) is 17.6 Å². The fraction of sp³-hybridized carbons (Fsp3) is 0.778. The van der Waals surface area contributed by atoms with E-state index in [0.717, 1.165) is 6.42 Å². The van der Waals surface area contributed by atoms with Crippen LogP contribution in [0.3, 0.4) is 0 Å². The van der Waals surface area contributed by atoms with E-state index in [2.05, 4.69) is 0 Å². The summed E-state index contributed by atoms with van der Waals surface area (Å²) in [5.74, 6) is -4.85. The van der Waals surface area contributed by atoms with Crippen molar-refractivity contribution in [2.24, 2.45) is 11.8 Å². The van der Waals surface area contributed by atoms with Gasteiger partial charge in [0.1, 0.15) is 5.78 Å². The predicted octanol–water partition coefficient (Wildman–Crippen LogP) is 1.83. The summed E-state index contributed by atoms with van der Waals surface area (Å²) < 4.78 is 24.7. The van der Waals surface area contributed by atoms with Crippen LogP contribution in [0.5, 0.6) is 0 Å². The molecule has 1 saturated carbocycles. The minimum absolute atomic E-state index is 0.147. The Morgan fingerprint density at radius 1 is 1.46 bits per heavy atom. The van der Waals surface area contributed by atoms with Gasteiger partial charge in [-0.3, -0.25) is 9.59 Å². The minimum Gasteiger partial charge on any atom is -0.299 e. The van der Waals surface area contributed by atoms with E-state index in [9.17, 15) is 18.4 Å². The zero-order valence-electron chi connectivity index (χ0n) is 7.64. The van der Waals surface area contributed by atoms with Gasteiger partial charge in [0, 0.05) is 12.8 Å². The van der Waals surface area contributed by atoms with Gasteiger partial charge >= 0.3 is 5.92 Å². The Bertz CT molecular complexity index is 242. The number of hydrogen-bond donors (Lipinski definition) is 0. The Labute approximate surface area is 75.3 Å². The summed E-state index contributed by atoms with van der Waals surface area (Å²) in [6.07, 6.45) is 0.125. The molecule has 0 aliphatic heterocycles. The molecule has 13 heavy (non-hydrogen) atoms. The van der Waals surface area contributed by atoms with Gasteiger partial charge in [0.2, 0.25) is 5.78 Å². The summed E-state index contributed by atoms with van der Waals surface area (Å²) >= 11 is 0. The number of rotatable bonds is 4. The molecule has 0 N–H and O–H groups in total. The van der Waals surface area contributed by atoms with Gasteiger partial charge in [0.15, 0.2) is 0 Å². The third-order valence-electron chi connectivity index (χ3n) is 2.35. The Morgan fingerprint density at radius 3 is 2.23 bits per heavy atom. The van der Waals surface area contributed by atoms with Crippen molar-refractivity contribution in [3.63, 3.8) is 0 Å². The predicted molar refractivity (Wildman–Crippen MR) is 42.5 cm³/mol. The highest BCUT2D eigenvalue weighted by Crippen LogP contribution is 2.39. The molecule has 2 atom stereocenters. The number of hydrogen-bond acceptors (Lipinski definition) is 2. The number of carbonyl (C=O) groups excluding carboxylic acids is 2. The van der Waals surface area contributed by atoms with Gasteiger partial charge in [-0.25, -0.2) is 0 Å². The molecule has 0 amide bonds. The van der Waals surface area contributed by atoms with E-state index in [1.165, 1.54) is 0 Å². The van der Waals surface area contributed by atoms with Gasteiger partial charge in [0.25, 0.3) is 0 Å². The van der Waals surface area contributed by atoms with Gasteiger partial charge in [-0.1, -0.05) is 6.92 Å². The van der Waals surface area contributed by atoms with Crippen molar-refractivity contribution in [3.8, 4) is 0 Å². The van der Waals surface area contributed by atoms with Crippen molar-refractivity contribution >= 4 is 11.6 Å². The lowest BCUT2D eigenvalue weighted by atomic mass is 10.1. The first-order chi connectivity index (χ1) is 5.82. The van der Waals surface area contributed by atoms with Crippen LogP contribution in [0.2, 0.25) is 0 Å². The Kier molecular flexibility index (Phi) is 2.50. The first kappa shape index (κ1) is 10.3. The monoisotopic (exact) mass is 190 g/mol. The molecule has 4 heteroatoms. The smallest absolute Gasteiger partial charge is 0.299 e. The van der Waals surface area contributed by atoms with Crippen LogP contribution >= 0.6 is 0 Å². The summed E-state index contributed by atoms with van der Waals surface area (Å²) in [7, 11) is 0. The van der Waals surface area contributed by atoms with Crippen molar-refractivity contribution in [2.45, 2.75) is 32.6 Å². The van der Waals surface area contributed by atoms with Crippen LogP contribution in [0, 0.1) is 11.8 Å². The Morgan fingerprint density at radius 2 is 1.92 bits per heavy atom. The van der Waals surface area contributed by atoms with Crippen LogP contribution in [-0.4, -0.2) is 17.5 Å². The van der Waals surface area contributed by atoms with Gasteiger partial charge in [-0.15, -0.1) is 0 Å². The molecule has 0 aromatic carbocycles. The largest absolute Gasteiger partial charge is 0.302 e. The van der Waals surface area contributed by atoms with E-state index < -0.39 is 18.1 Å². The zero-order valence-corrected chi connectivity index (χ0v) is 7.64. The van der Waals surface area contributed by atoms with E-state index in [4.69, 9.17) is 0 Å². The van der Waals surface area contributed by atoms with Crippen LogP contribution in [0.15, 0.2) is 0 Å². The molecule has 0 aromatic heterocycles. The molecule has 0 bridgehead atoms. The molecule has 0 aromatic rings. The second kappa shape index (κ2) is 3.16.